The molecular formula is C8H13N. The Hall–Kier alpha value is -0.0400. The molecular weight excluding hydrogens is 110 g/mol. The molecule has 1 aliphatic heterocycles. The van der Waals surface area contributed by atoms with Crippen LogP contribution in [-0.2, 0) is 0 Å². The zero-order chi connectivity index (χ0) is 5.84. The molecule has 0 amide bonds. The molecule has 4 unspecified atom stereocenters. The molecule has 3 aliphatic carbocycles. The first-order valence-corrected chi connectivity index (χ1v) is 4.18. The van der Waals surface area contributed by atoms with Gasteiger partial charge in [-0.3, -0.25) is 0 Å². The Morgan fingerprint density at radius 2 is 2.11 bits per heavy atom. The maximum absolute atomic E-state index is 3.61. The average molecular weight is 123 g/mol. The molecule has 4 atom stereocenters. The van der Waals surface area contributed by atoms with Gasteiger partial charge in [0.2, 0.25) is 0 Å². The lowest BCUT2D eigenvalue weighted by molar-refractivity contribution is 0.0465. The Morgan fingerprint density at radius 1 is 1.11 bits per heavy atom. The zero-order valence-corrected chi connectivity index (χ0v) is 5.64. The van der Waals surface area contributed by atoms with Crippen LogP contribution in [0.5, 0.6) is 0 Å². The van der Waals surface area contributed by atoms with E-state index in [0.717, 1.165) is 23.8 Å². The van der Waals surface area contributed by atoms with Crippen LogP contribution in [0.25, 0.3) is 0 Å². The summed E-state index contributed by atoms with van der Waals surface area (Å²) >= 11 is 0. The molecule has 0 aromatic carbocycles. The maximum Gasteiger partial charge on any atom is 0.00988 e. The summed E-state index contributed by atoms with van der Waals surface area (Å²) in [4.78, 5) is 0. The molecule has 1 N–H and O–H groups in total. The van der Waals surface area contributed by atoms with E-state index in [1.807, 2.05) is 0 Å². The Labute approximate surface area is 55.8 Å². The lowest BCUT2D eigenvalue weighted by atomic mass is 9.58. The van der Waals surface area contributed by atoms with Gasteiger partial charge in [0.15, 0.2) is 0 Å². The number of rotatable bonds is 0. The van der Waals surface area contributed by atoms with Crippen LogP contribution in [0.2, 0.25) is 0 Å². The lowest BCUT2D eigenvalue weighted by Crippen LogP contribution is -2.44. The van der Waals surface area contributed by atoms with Crippen LogP contribution in [0.4, 0.5) is 0 Å². The van der Waals surface area contributed by atoms with E-state index in [0.29, 0.717) is 0 Å². The summed E-state index contributed by atoms with van der Waals surface area (Å²) in [6, 6.07) is 0.944. The van der Waals surface area contributed by atoms with E-state index in [2.05, 4.69) is 5.32 Å². The van der Waals surface area contributed by atoms with Crippen LogP contribution < -0.4 is 5.32 Å². The minimum absolute atomic E-state index is 0.944. The van der Waals surface area contributed by atoms with Gasteiger partial charge in [0.25, 0.3) is 0 Å². The third-order valence-corrected chi connectivity index (χ3v) is 3.71. The highest BCUT2D eigenvalue weighted by molar-refractivity contribution is 5.06. The predicted octanol–water partition coefficient (Wildman–Crippen LogP) is 1.00. The Kier molecular flexibility index (Phi) is 0.704. The number of hydrogen-bond donors (Lipinski definition) is 1. The van der Waals surface area contributed by atoms with E-state index in [9.17, 15) is 0 Å². The fourth-order valence-electron chi connectivity index (χ4n) is 3.11. The van der Waals surface area contributed by atoms with Gasteiger partial charge in [-0.2, -0.15) is 0 Å². The van der Waals surface area contributed by atoms with Crippen LogP contribution in [0, 0.1) is 17.8 Å². The van der Waals surface area contributed by atoms with Gasteiger partial charge in [-0.1, -0.05) is 0 Å². The number of fused-ring (bicyclic) bond motifs is 1. The molecule has 50 valence electrons. The van der Waals surface area contributed by atoms with Crippen molar-refractivity contribution in [3.63, 3.8) is 0 Å². The predicted molar refractivity (Wildman–Crippen MR) is 36.1 cm³/mol. The van der Waals surface area contributed by atoms with Gasteiger partial charge in [0.1, 0.15) is 0 Å². The fourth-order valence-corrected chi connectivity index (χ4v) is 3.11. The van der Waals surface area contributed by atoms with Crippen molar-refractivity contribution in [3.05, 3.63) is 0 Å². The van der Waals surface area contributed by atoms with Gasteiger partial charge < -0.3 is 5.32 Å². The minimum atomic E-state index is 0.944. The topological polar surface area (TPSA) is 12.0 Å². The molecule has 4 fully saturated rings. The Morgan fingerprint density at radius 3 is 2.78 bits per heavy atom. The summed E-state index contributed by atoms with van der Waals surface area (Å²) in [5.41, 5.74) is 0. The SMILES string of the molecule is C1CC2NCC3C1CC23. The van der Waals surface area contributed by atoms with Crippen molar-refractivity contribution >= 4 is 0 Å². The average Bonchev–Trinajstić information content (AvgIpc) is 2.06. The number of nitrogens with one attached hydrogen (secondary N) is 1. The standard InChI is InChI=1S/C8H13N/c1-2-8-6-3-5(1)7(6)4-9-8/h5-9H,1-4H2. The Balaban J connectivity index is 1.96. The third-order valence-electron chi connectivity index (χ3n) is 3.71. The molecule has 0 aromatic rings. The van der Waals surface area contributed by atoms with Crippen molar-refractivity contribution in [1.29, 1.82) is 0 Å². The molecule has 3 saturated carbocycles. The smallest absolute Gasteiger partial charge is 0.00988 e. The lowest BCUT2D eigenvalue weighted by Gasteiger charge is -2.47. The summed E-state index contributed by atoms with van der Waals surface area (Å²) in [6.45, 7) is 1.35. The van der Waals surface area contributed by atoms with Crippen molar-refractivity contribution in [2.45, 2.75) is 25.3 Å². The summed E-state index contributed by atoms with van der Waals surface area (Å²) in [6.07, 6.45) is 4.56. The van der Waals surface area contributed by atoms with Crippen molar-refractivity contribution in [1.82, 2.24) is 5.32 Å². The van der Waals surface area contributed by atoms with E-state index in [1.165, 1.54) is 19.4 Å². The largest absolute Gasteiger partial charge is 0.313 e. The van der Waals surface area contributed by atoms with Crippen LogP contribution >= 0.6 is 0 Å². The van der Waals surface area contributed by atoms with Gasteiger partial charge in [-0.05, 0) is 43.6 Å². The molecule has 4 rings (SSSR count). The van der Waals surface area contributed by atoms with Crippen molar-refractivity contribution < 1.29 is 0 Å². The quantitative estimate of drug-likeness (QED) is 0.507. The second kappa shape index (κ2) is 1.34. The van der Waals surface area contributed by atoms with E-state index in [-0.39, 0.29) is 0 Å². The van der Waals surface area contributed by atoms with Crippen molar-refractivity contribution in [2.24, 2.45) is 17.8 Å². The van der Waals surface area contributed by atoms with E-state index in [1.54, 1.807) is 6.42 Å². The molecule has 1 heterocycles. The minimum Gasteiger partial charge on any atom is -0.313 e. The molecule has 0 aromatic heterocycles. The fraction of sp³-hybridized carbons (Fsp3) is 1.00. The first kappa shape index (κ1) is 4.73. The second-order valence-corrected chi connectivity index (χ2v) is 3.92. The van der Waals surface area contributed by atoms with E-state index >= 15 is 0 Å². The monoisotopic (exact) mass is 123 g/mol. The van der Waals surface area contributed by atoms with Gasteiger partial charge in [-0.15, -0.1) is 0 Å². The van der Waals surface area contributed by atoms with Gasteiger partial charge >= 0.3 is 0 Å². The highest BCUT2D eigenvalue weighted by atomic mass is 15.0. The van der Waals surface area contributed by atoms with Crippen molar-refractivity contribution in [2.75, 3.05) is 6.54 Å². The molecule has 0 radical (unpaired) electrons. The maximum atomic E-state index is 3.61. The second-order valence-electron chi connectivity index (χ2n) is 3.92. The highest BCUT2D eigenvalue weighted by Gasteiger charge is 2.52. The zero-order valence-electron chi connectivity index (χ0n) is 5.64. The molecule has 4 bridgehead atoms. The summed E-state index contributed by atoms with van der Waals surface area (Å²) in [7, 11) is 0. The highest BCUT2D eigenvalue weighted by Crippen LogP contribution is 2.53. The normalized spacial score (nSPS) is 61.3. The summed E-state index contributed by atoms with van der Waals surface area (Å²) in [5, 5.41) is 3.61. The molecule has 9 heavy (non-hydrogen) atoms. The van der Waals surface area contributed by atoms with Gasteiger partial charge in [-0.25, -0.2) is 0 Å². The molecule has 1 nitrogen and oxygen atoms in total. The van der Waals surface area contributed by atoms with Crippen LogP contribution in [0.3, 0.4) is 0 Å². The number of hydrogen-bond acceptors (Lipinski definition) is 1. The van der Waals surface area contributed by atoms with Crippen LogP contribution in [-0.4, -0.2) is 12.6 Å². The molecule has 4 aliphatic rings. The van der Waals surface area contributed by atoms with E-state index in [4.69, 9.17) is 0 Å². The first-order chi connectivity index (χ1) is 4.45. The third kappa shape index (κ3) is 0.420. The summed E-state index contributed by atoms with van der Waals surface area (Å²) < 4.78 is 0. The molecule has 1 heteroatoms. The first-order valence-electron chi connectivity index (χ1n) is 4.18. The van der Waals surface area contributed by atoms with Crippen LogP contribution in [0.1, 0.15) is 19.3 Å². The Bertz CT molecular complexity index is 125. The van der Waals surface area contributed by atoms with Gasteiger partial charge in [0.05, 0.1) is 0 Å². The van der Waals surface area contributed by atoms with E-state index < -0.39 is 0 Å². The summed E-state index contributed by atoms with van der Waals surface area (Å²) in [5.74, 6) is 3.37. The van der Waals surface area contributed by atoms with Crippen molar-refractivity contribution in [3.8, 4) is 0 Å². The molecule has 1 saturated heterocycles. The van der Waals surface area contributed by atoms with Gasteiger partial charge in [0, 0.05) is 6.04 Å². The molecule has 0 spiro atoms. The van der Waals surface area contributed by atoms with Crippen LogP contribution in [0.15, 0.2) is 0 Å².